The molecule has 24 heavy (non-hydrogen) atoms. The molecule has 128 valence electrons. The number of hydrazone groups is 1. The van der Waals surface area contributed by atoms with Crippen LogP contribution in [0.5, 0.6) is 11.8 Å². The number of rotatable bonds is 8. The van der Waals surface area contributed by atoms with E-state index in [1.54, 1.807) is 20.3 Å². The van der Waals surface area contributed by atoms with Gasteiger partial charge in [0.2, 0.25) is 11.8 Å². The average Bonchev–Trinajstić information content (AvgIpc) is 2.62. The van der Waals surface area contributed by atoms with Crippen molar-refractivity contribution in [2.45, 2.75) is 23.8 Å². The summed E-state index contributed by atoms with van der Waals surface area (Å²) in [5.41, 5.74) is 3.85. The van der Waals surface area contributed by atoms with E-state index in [0.717, 1.165) is 12.1 Å². The quantitative estimate of drug-likeness (QED) is 0.328. The maximum atomic E-state index is 5.85. The zero-order chi connectivity index (χ0) is 17.4. The summed E-state index contributed by atoms with van der Waals surface area (Å²) in [6.07, 6.45) is 2.70. The van der Waals surface area contributed by atoms with Crippen molar-refractivity contribution in [3.05, 3.63) is 35.4 Å². The second-order valence-electron chi connectivity index (χ2n) is 4.70. The van der Waals surface area contributed by atoms with Crippen molar-refractivity contribution in [3.8, 4) is 11.8 Å². The zero-order valence-corrected chi connectivity index (χ0v) is 15.3. The van der Waals surface area contributed by atoms with Crippen molar-refractivity contribution >= 4 is 35.3 Å². The van der Waals surface area contributed by atoms with Crippen LogP contribution in [0, 0.1) is 0 Å². The Morgan fingerprint density at radius 3 is 2.38 bits per heavy atom. The molecule has 1 heterocycles. The van der Waals surface area contributed by atoms with E-state index in [4.69, 9.17) is 21.1 Å². The van der Waals surface area contributed by atoms with Crippen LogP contribution in [0.4, 0.5) is 5.69 Å². The van der Waals surface area contributed by atoms with E-state index in [-0.39, 0.29) is 5.25 Å². The number of nitrogens with zero attached hydrogens (tertiary/aromatic N) is 3. The van der Waals surface area contributed by atoms with Crippen LogP contribution >= 0.6 is 23.4 Å². The molecule has 1 aromatic heterocycles. The highest BCUT2D eigenvalue weighted by molar-refractivity contribution is 8.00. The molecule has 0 saturated heterocycles. The van der Waals surface area contributed by atoms with Crippen molar-refractivity contribution in [2.75, 3.05) is 19.6 Å². The minimum atomic E-state index is 0.113. The number of hydrogen-bond acceptors (Lipinski definition) is 7. The number of hydrogen-bond donors (Lipinski definition) is 1. The van der Waals surface area contributed by atoms with Gasteiger partial charge in [0.05, 0.1) is 26.0 Å². The monoisotopic (exact) mass is 366 g/mol. The Morgan fingerprint density at radius 1 is 1.21 bits per heavy atom. The molecule has 1 atom stereocenters. The van der Waals surface area contributed by atoms with Crippen molar-refractivity contribution in [1.82, 2.24) is 9.97 Å². The number of aromatic nitrogens is 2. The summed E-state index contributed by atoms with van der Waals surface area (Å²) in [6, 6.07) is 8.98. The molecule has 2 rings (SSSR count). The third-order valence-corrected chi connectivity index (χ3v) is 4.42. The number of halogens is 1. The molecule has 0 radical (unpaired) electrons. The van der Waals surface area contributed by atoms with Gasteiger partial charge in [0.25, 0.3) is 0 Å². The Kier molecular flexibility index (Phi) is 7.14. The first-order valence-electron chi connectivity index (χ1n) is 7.33. The molecule has 8 heteroatoms. The normalized spacial score (nSPS) is 12.2. The van der Waals surface area contributed by atoms with E-state index < -0.39 is 0 Å². The maximum absolute atomic E-state index is 5.85. The van der Waals surface area contributed by atoms with Crippen molar-refractivity contribution in [2.24, 2.45) is 5.10 Å². The number of nitrogens with one attached hydrogen (secondary N) is 1. The van der Waals surface area contributed by atoms with Crippen LogP contribution in [-0.2, 0) is 0 Å². The fourth-order valence-corrected chi connectivity index (χ4v) is 2.69. The lowest BCUT2D eigenvalue weighted by molar-refractivity contribution is 0.364. The highest BCUT2D eigenvalue weighted by atomic mass is 35.5. The van der Waals surface area contributed by atoms with Gasteiger partial charge in [0, 0.05) is 16.5 Å². The number of methoxy groups -OCH3 is 2. The second-order valence-corrected chi connectivity index (χ2v) is 6.34. The summed E-state index contributed by atoms with van der Waals surface area (Å²) in [5, 5.41) is 5.65. The van der Waals surface area contributed by atoms with Crippen molar-refractivity contribution in [1.29, 1.82) is 0 Å². The third-order valence-electron chi connectivity index (χ3n) is 3.01. The molecular formula is C16H19ClN4O2S. The predicted octanol–water partition coefficient (Wildman–Crippen LogP) is 4.12. The third kappa shape index (κ3) is 5.58. The van der Waals surface area contributed by atoms with Crippen LogP contribution in [0.1, 0.15) is 13.3 Å². The van der Waals surface area contributed by atoms with Crippen LogP contribution < -0.4 is 14.9 Å². The van der Waals surface area contributed by atoms with E-state index in [2.05, 4.69) is 27.4 Å². The molecule has 0 aliphatic carbocycles. The van der Waals surface area contributed by atoms with Gasteiger partial charge in [-0.3, -0.25) is 5.43 Å². The molecule has 0 amide bonds. The minimum Gasteiger partial charge on any atom is -0.481 e. The molecule has 1 unspecified atom stereocenters. The highest BCUT2D eigenvalue weighted by Crippen LogP contribution is 2.25. The van der Waals surface area contributed by atoms with Gasteiger partial charge in [-0.15, -0.1) is 0 Å². The van der Waals surface area contributed by atoms with Crippen LogP contribution in [0.3, 0.4) is 0 Å². The van der Waals surface area contributed by atoms with Gasteiger partial charge in [-0.05, 0) is 30.7 Å². The largest absolute Gasteiger partial charge is 0.481 e. The lowest BCUT2D eigenvalue weighted by atomic mass is 10.3. The standard InChI is InChI=1S/C16H19ClN4O2S/c1-4-13(10-18-21-12-7-5-11(17)6-8-12)24-16-19-14(22-2)9-15(20-16)23-3/h5-10,13,21H,4H2,1-3H3. The molecule has 0 fully saturated rings. The van der Waals surface area contributed by atoms with E-state index in [1.165, 1.54) is 11.8 Å². The van der Waals surface area contributed by atoms with Crippen molar-refractivity contribution in [3.63, 3.8) is 0 Å². The van der Waals surface area contributed by atoms with E-state index >= 15 is 0 Å². The molecule has 0 aliphatic heterocycles. The smallest absolute Gasteiger partial charge is 0.220 e. The van der Waals surface area contributed by atoms with Gasteiger partial charge in [-0.25, -0.2) is 0 Å². The predicted molar refractivity (Wildman–Crippen MR) is 98.6 cm³/mol. The molecule has 0 bridgehead atoms. The first-order chi connectivity index (χ1) is 11.6. The van der Waals surface area contributed by atoms with E-state index in [9.17, 15) is 0 Å². The summed E-state index contributed by atoms with van der Waals surface area (Å²) in [7, 11) is 3.12. The number of ether oxygens (including phenoxy) is 2. The van der Waals surface area contributed by atoms with Crippen LogP contribution in [0.2, 0.25) is 5.02 Å². The molecule has 6 nitrogen and oxygen atoms in total. The number of anilines is 1. The summed E-state index contributed by atoms with van der Waals surface area (Å²) in [5.74, 6) is 0.936. The number of thioether (sulfide) groups is 1. The maximum Gasteiger partial charge on any atom is 0.220 e. The summed E-state index contributed by atoms with van der Waals surface area (Å²) < 4.78 is 10.3. The Bertz CT molecular complexity index is 660. The van der Waals surface area contributed by atoms with Gasteiger partial charge in [0.1, 0.15) is 0 Å². The summed E-state index contributed by atoms with van der Waals surface area (Å²) in [4.78, 5) is 8.63. The van der Waals surface area contributed by atoms with Crippen LogP contribution in [0.15, 0.2) is 40.6 Å². The molecule has 2 aromatic rings. The SMILES string of the molecule is CCC(C=NNc1ccc(Cl)cc1)Sc1nc(OC)cc(OC)n1. The second kappa shape index (κ2) is 9.34. The topological polar surface area (TPSA) is 68.6 Å². The van der Waals surface area contributed by atoms with Gasteiger partial charge in [-0.2, -0.15) is 15.1 Å². The van der Waals surface area contributed by atoms with E-state index in [1.807, 2.05) is 30.5 Å². The first-order valence-corrected chi connectivity index (χ1v) is 8.58. The lowest BCUT2D eigenvalue weighted by Gasteiger charge is -2.10. The highest BCUT2D eigenvalue weighted by Gasteiger charge is 2.11. The lowest BCUT2D eigenvalue weighted by Crippen LogP contribution is -2.06. The Balaban J connectivity index is 2.01. The van der Waals surface area contributed by atoms with Gasteiger partial charge in [-0.1, -0.05) is 30.3 Å². The van der Waals surface area contributed by atoms with Crippen LogP contribution in [-0.4, -0.2) is 35.7 Å². The van der Waals surface area contributed by atoms with E-state index in [0.29, 0.717) is 21.9 Å². The fourth-order valence-electron chi connectivity index (χ4n) is 1.72. The molecule has 0 aliphatic rings. The van der Waals surface area contributed by atoms with Gasteiger partial charge in [0.15, 0.2) is 5.16 Å². The summed E-state index contributed by atoms with van der Waals surface area (Å²) in [6.45, 7) is 2.07. The minimum absolute atomic E-state index is 0.113. The Labute approximate surface area is 150 Å². The van der Waals surface area contributed by atoms with Gasteiger partial charge >= 0.3 is 0 Å². The molecule has 1 N–H and O–H groups in total. The molecular weight excluding hydrogens is 348 g/mol. The molecule has 1 aromatic carbocycles. The first kappa shape index (κ1) is 18.4. The zero-order valence-electron chi connectivity index (χ0n) is 13.7. The fraction of sp³-hybridized carbons (Fsp3) is 0.312. The van der Waals surface area contributed by atoms with Gasteiger partial charge < -0.3 is 9.47 Å². The molecule has 0 saturated carbocycles. The molecule has 0 spiro atoms. The Morgan fingerprint density at radius 2 is 1.83 bits per heavy atom. The Hall–Kier alpha value is -1.99. The average molecular weight is 367 g/mol. The summed E-state index contributed by atoms with van der Waals surface area (Å²) >= 11 is 7.35. The number of benzene rings is 1. The van der Waals surface area contributed by atoms with Crippen LogP contribution in [0.25, 0.3) is 0 Å². The van der Waals surface area contributed by atoms with Crippen molar-refractivity contribution < 1.29 is 9.47 Å².